The summed E-state index contributed by atoms with van der Waals surface area (Å²) in [5.41, 5.74) is 5.76. The van der Waals surface area contributed by atoms with Crippen LogP contribution in [-0.2, 0) is 9.53 Å². The molecular formula is C9H16ClNO2. The minimum Gasteiger partial charge on any atom is -0.466 e. The van der Waals surface area contributed by atoms with E-state index in [4.69, 9.17) is 10.5 Å². The van der Waals surface area contributed by atoms with Crippen LogP contribution in [0.4, 0.5) is 0 Å². The topological polar surface area (TPSA) is 52.3 Å². The Labute approximate surface area is 84.7 Å². The first-order valence-corrected chi connectivity index (χ1v) is 4.33. The number of carbonyl (C=O) groups excluding carboxylic acids is 1. The summed E-state index contributed by atoms with van der Waals surface area (Å²) in [5, 5.41) is 0. The van der Waals surface area contributed by atoms with Crippen LogP contribution in [-0.4, -0.2) is 18.6 Å². The molecule has 3 nitrogen and oxygen atoms in total. The molecule has 0 spiro atoms. The van der Waals surface area contributed by atoms with Crippen LogP contribution in [0.2, 0.25) is 0 Å². The van der Waals surface area contributed by atoms with Crippen LogP contribution in [0, 0.1) is 5.92 Å². The average Bonchev–Trinajstić information content (AvgIpc) is 2.05. The van der Waals surface area contributed by atoms with E-state index in [1.165, 1.54) is 0 Å². The van der Waals surface area contributed by atoms with Crippen molar-refractivity contribution in [1.29, 1.82) is 0 Å². The molecule has 4 heteroatoms. The standard InChI is InChI=1S/C9H15NO2.ClH/c1-2-12-9(11)7-5-3-4-6-8(7)10;/h3-4,7-8H,2,5-6,10H2,1H3;1H/t7-,8-;/m0./s1. The van der Waals surface area contributed by atoms with E-state index in [1.807, 2.05) is 19.1 Å². The number of rotatable bonds is 2. The lowest BCUT2D eigenvalue weighted by atomic mass is 9.90. The van der Waals surface area contributed by atoms with Gasteiger partial charge in [0.1, 0.15) is 0 Å². The van der Waals surface area contributed by atoms with Crippen molar-refractivity contribution in [2.75, 3.05) is 6.61 Å². The van der Waals surface area contributed by atoms with E-state index in [0.717, 1.165) is 12.8 Å². The molecule has 1 aliphatic carbocycles. The van der Waals surface area contributed by atoms with Crippen LogP contribution < -0.4 is 5.73 Å². The van der Waals surface area contributed by atoms with Crippen LogP contribution in [0.1, 0.15) is 19.8 Å². The van der Waals surface area contributed by atoms with Crippen molar-refractivity contribution < 1.29 is 9.53 Å². The predicted octanol–water partition coefficient (Wildman–Crippen LogP) is 1.26. The van der Waals surface area contributed by atoms with Crippen molar-refractivity contribution >= 4 is 18.4 Å². The van der Waals surface area contributed by atoms with Gasteiger partial charge < -0.3 is 10.5 Å². The zero-order valence-electron chi connectivity index (χ0n) is 7.73. The summed E-state index contributed by atoms with van der Waals surface area (Å²) in [5.74, 6) is -0.288. The third-order valence-corrected chi connectivity index (χ3v) is 2.07. The normalized spacial score (nSPS) is 26.3. The highest BCUT2D eigenvalue weighted by atomic mass is 35.5. The molecule has 76 valence electrons. The van der Waals surface area contributed by atoms with Gasteiger partial charge in [-0.05, 0) is 19.8 Å². The van der Waals surface area contributed by atoms with Gasteiger partial charge >= 0.3 is 5.97 Å². The van der Waals surface area contributed by atoms with Gasteiger partial charge in [0.05, 0.1) is 12.5 Å². The number of hydrogen-bond acceptors (Lipinski definition) is 3. The Morgan fingerprint density at radius 2 is 2.15 bits per heavy atom. The van der Waals surface area contributed by atoms with Crippen molar-refractivity contribution in [2.45, 2.75) is 25.8 Å². The summed E-state index contributed by atoms with van der Waals surface area (Å²) in [6.45, 7) is 2.24. The predicted molar refractivity (Wildman–Crippen MR) is 53.7 cm³/mol. The summed E-state index contributed by atoms with van der Waals surface area (Å²) in [6, 6.07) is -0.0611. The van der Waals surface area contributed by atoms with Gasteiger partial charge in [0.25, 0.3) is 0 Å². The quantitative estimate of drug-likeness (QED) is 0.546. The van der Waals surface area contributed by atoms with Crippen molar-refractivity contribution in [1.82, 2.24) is 0 Å². The van der Waals surface area contributed by atoms with Gasteiger partial charge in [-0.25, -0.2) is 0 Å². The molecule has 1 rings (SSSR count). The lowest BCUT2D eigenvalue weighted by molar-refractivity contribution is -0.148. The highest BCUT2D eigenvalue weighted by molar-refractivity contribution is 5.85. The highest BCUT2D eigenvalue weighted by Gasteiger charge is 2.26. The van der Waals surface area contributed by atoms with Gasteiger partial charge in [0.2, 0.25) is 0 Å². The van der Waals surface area contributed by atoms with Crippen molar-refractivity contribution in [3.05, 3.63) is 12.2 Å². The third-order valence-electron chi connectivity index (χ3n) is 2.07. The highest BCUT2D eigenvalue weighted by Crippen LogP contribution is 2.18. The maximum absolute atomic E-state index is 11.3. The van der Waals surface area contributed by atoms with Gasteiger partial charge in [-0.3, -0.25) is 4.79 Å². The van der Waals surface area contributed by atoms with E-state index in [0.29, 0.717) is 6.61 Å². The third kappa shape index (κ3) is 3.36. The Balaban J connectivity index is 0.00000144. The first-order chi connectivity index (χ1) is 5.75. The summed E-state index contributed by atoms with van der Waals surface area (Å²) in [7, 11) is 0. The molecule has 0 saturated carbocycles. The number of esters is 1. The minimum atomic E-state index is -0.158. The molecule has 2 atom stereocenters. The molecule has 0 radical (unpaired) electrons. The van der Waals surface area contributed by atoms with Gasteiger partial charge in [0, 0.05) is 6.04 Å². The molecule has 2 N–H and O–H groups in total. The average molecular weight is 206 g/mol. The van der Waals surface area contributed by atoms with Gasteiger partial charge in [-0.15, -0.1) is 12.4 Å². The number of allylic oxidation sites excluding steroid dienone is 1. The van der Waals surface area contributed by atoms with Crippen molar-refractivity contribution in [2.24, 2.45) is 11.7 Å². The molecule has 0 aromatic rings. The Kier molecular flexibility index (Phi) is 5.75. The van der Waals surface area contributed by atoms with Crippen LogP contribution in [0.5, 0.6) is 0 Å². The summed E-state index contributed by atoms with van der Waals surface area (Å²) in [6.07, 6.45) is 5.51. The lowest BCUT2D eigenvalue weighted by Crippen LogP contribution is -2.37. The molecule has 0 bridgehead atoms. The summed E-state index contributed by atoms with van der Waals surface area (Å²) in [4.78, 5) is 11.3. The maximum Gasteiger partial charge on any atom is 0.310 e. The summed E-state index contributed by atoms with van der Waals surface area (Å²) >= 11 is 0. The first-order valence-electron chi connectivity index (χ1n) is 4.33. The van der Waals surface area contributed by atoms with Crippen molar-refractivity contribution in [3.63, 3.8) is 0 Å². The molecule has 0 aliphatic heterocycles. The monoisotopic (exact) mass is 205 g/mol. The van der Waals surface area contributed by atoms with E-state index in [1.54, 1.807) is 0 Å². The van der Waals surface area contributed by atoms with E-state index >= 15 is 0 Å². The smallest absolute Gasteiger partial charge is 0.310 e. The van der Waals surface area contributed by atoms with E-state index in [9.17, 15) is 4.79 Å². The fourth-order valence-electron chi connectivity index (χ4n) is 1.36. The molecule has 13 heavy (non-hydrogen) atoms. The summed E-state index contributed by atoms with van der Waals surface area (Å²) < 4.78 is 4.90. The molecular weight excluding hydrogens is 190 g/mol. The number of nitrogens with two attached hydrogens (primary N) is 1. The van der Waals surface area contributed by atoms with Crippen LogP contribution in [0.25, 0.3) is 0 Å². The minimum absolute atomic E-state index is 0. The number of carbonyl (C=O) groups is 1. The maximum atomic E-state index is 11.3. The Morgan fingerprint density at radius 1 is 1.54 bits per heavy atom. The molecule has 0 heterocycles. The number of hydrogen-bond donors (Lipinski definition) is 1. The largest absolute Gasteiger partial charge is 0.466 e. The van der Waals surface area contributed by atoms with E-state index in [2.05, 4.69) is 0 Å². The molecule has 0 fully saturated rings. The van der Waals surface area contributed by atoms with Crippen LogP contribution >= 0.6 is 12.4 Å². The number of ether oxygens (including phenoxy) is 1. The Hall–Kier alpha value is -0.540. The molecule has 1 aliphatic rings. The molecule has 0 amide bonds. The SMILES string of the molecule is CCOC(=O)[C@H]1CC=CC[C@@H]1N.Cl. The molecule has 0 unspecified atom stereocenters. The second-order valence-electron chi connectivity index (χ2n) is 2.97. The van der Waals surface area contributed by atoms with Gasteiger partial charge in [-0.2, -0.15) is 0 Å². The lowest BCUT2D eigenvalue weighted by Gasteiger charge is -2.22. The van der Waals surface area contributed by atoms with E-state index in [-0.39, 0.29) is 30.3 Å². The molecule has 0 saturated heterocycles. The Morgan fingerprint density at radius 3 is 2.69 bits per heavy atom. The molecule has 0 aromatic heterocycles. The first kappa shape index (κ1) is 12.5. The van der Waals surface area contributed by atoms with Gasteiger partial charge in [0.15, 0.2) is 0 Å². The second kappa shape index (κ2) is 6.00. The zero-order chi connectivity index (χ0) is 8.97. The second-order valence-corrected chi connectivity index (χ2v) is 2.97. The fourth-order valence-corrected chi connectivity index (χ4v) is 1.36. The van der Waals surface area contributed by atoms with Crippen molar-refractivity contribution in [3.8, 4) is 0 Å². The van der Waals surface area contributed by atoms with E-state index < -0.39 is 0 Å². The fraction of sp³-hybridized carbons (Fsp3) is 0.667. The van der Waals surface area contributed by atoms with Crippen LogP contribution in [0.3, 0.4) is 0 Å². The Bertz CT molecular complexity index is 194. The van der Waals surface area contributed by atoms with Gasteiger partial charge in [-0.1, -0.05) is 12.2 Å². The zero-order valence-corrected chi connectivity index (χ0v) is 8.55. The molecule has 0 aromatic carbocycles. The van der Waals surface area contributed by atoms with Crippen LogP contribution in [0.15, 0.2) is 12.2 Å². The number of halogens is 1.